The summed E-state index contributed by atoms with van der Waals surface area (Å²) >= 11 is 0. The average Bonchev–Trinajstić information content (AvgIpc) is 1.35. The van der Waals surface area contributed by atoms with E-state index in [9.17, 15) is 4.79 Å². The summed E-state index contributed by atoms with van der Waals surface area (Å²) in [6.07, 6.45) is 0. The Bertz CT molecular complexity index is 56.5. The van der Waals surface area contributed by atoms with E-state index >= 15 is 0 Å². The summed E-state index contributed by atoms with van der Waals surface area (Å²) in [5, 5.41) is 7.79. The number of rotatable bonds is 2. The fraction of sp³-hybridized carbons (Fsp3) is 0.667. The molecule has 0 aliphatic carbocycles. The molecule has 0 atom stereocenters. The molecule has 0 unspecified atom stereocenters. The van der Waals surface area contributed by atoms with Crippen LogP contribution >= 0.6 is 24.8 Å². The van der Waals surface area contributed by atoms with Crippen molar-refractivity contribution in [1.82, 2.24) is 0 Å². The van der Waals surface area contributed by atoms with Crippen LogP contribution in [0.1, 0.15) is 0 Å². The van der Waals surface area contributed by atoms with Crippen molar-refractivity contribution in [3.63, 3.8) is 0 Å². The number of methoxy groups -OCH3 is 1. The van der Waals surface area contributed by atoms with Crippen molar-refractivity contribution in [2.24, 2.45) is 0 Å². The average molecular weight is 163 g/mol. The van der Waals surface area contributed by atoms with E-state index in [0.717, 1.165) is 0 Å². The van der Waals surface area contributed by atoms with Gasteiger partial charge in [-0.1, -0.05) is 0 Å². The molecule has 8 heavy (non-hydrogen) atoms. The molecule has 0 aromatic carbocycles. The molecular weight excluding hydrogens is 155 g/mol. The number of hydrogen-bond donors (Lipinski definition) is 1. The van der Waals surface area contributed by atoms with Crippen LogP contribution in [-0.4, -0.2) is 24.8 Å². The highest BCUT2D eigenvalue weighted by Gasteiger charge is 1.87. The summed E-state index contributed by atoms with van der Waals surface area (Å²) in [6, 6.07) is 0. The molecule has 5 heteroatoms. The smallest absolute Gasteiger partial charge is 0.329 e. The molecule has 0 amide bonds. The molecule has 0 aliphatic heterocycles. The van der Waals surface area contributed by atoms with Crippen LogP contribution in [-0.2, 0) is 9.53 Å². The lowest BCUT2D eigenvalue weighted by molar-refractivity contribution is -0.141. The Morgan fingerprint density at radius 2 is 2.00 bits per heavy atom. The number of aliphatic carboxylic acids is 1. The molecule has 52 valence electrons. The molecule has 0 spiro atoms. The van der Waals surface area contributed by atoms with Crippen LogP contribution in [0.3, 0.4) is 0 Å². The number of carboxylic acids is 1. The van der Waals surface area contributed by atoms with Gasteiger partial charge in [-0.25, -0.2) is 4.79 Å². The molecule has 0 rings (SSSR count). The fourth-order valence-corrected chi connectivity index (χ4v) is 0.123. The van der Waals surface area contributed by atoms with Gasteiger partial charge in [0.25, 0.3) is 0 Å². The number of halogens is 2. The maximum absolute atomic E-state index is 9.47. The molecule has 0 heterocycles. The van der Waals surface area contributed by atoms with Crippen LogP contribution in [0.15, 0.2) is 0 Å². The van der Waals surface area contributed by atoms with E-state index in [2.05, 4.69) is 4.74 Å². The van der Waals surface area contributed by atoms with Gasteiger partial charge in [0.15, 0.2) is 0 Å². The van der Waals surface area contributed by atoms with Crippen molar-refractivity contribution in [2.75, 3.05) is 13.7 Å². The van der Waals surface area contributed by atoms with Gasteiger partial charge in [-0.2, -0.15) is 0 Å². The van der Waals surface area contributed by atoms with Gasteiger partial charge in [-0.3, -0.25) is 0 Å². The van der Waals surface area contributed by atoms with Crippen molar-refractivity contribution in [3.8, 4) is 0 Å². The standard InChI is InChI=1S/C3H6O3.2ClH/c1-6-2-3(4)5;;/h2H2,1H3,(H,4,5);2*1H. The number of carbonyl (C=O) groups is 1. The summed E-state index contributed by atoms with van der Waals surface area (Å²) in [6.45, 7) is -0.208. The Labute approximate surface area is 59.8 Å². The lowest BCUT2D eigenvalue weighted by Crippen LogP contribution is -2.02. The van der Waals surface area contributed by atoms with Crippen LogP contribution in [0.4, 0.5) is 0 Å². The van der Waals surface area contributed by atoms with Crippen LogP contribution in [0.2, 0.25) is 0 Å². The van der Waals surface area contributed by atoms with Crippen molar-refractivity contribution in [1.29, 1.82) is 0 Å². The third-order valence-electron chi connectivity index (χ3n) is 0.268. The molecule has 0 radical (unpaired) electrons. The predicted molar refractivity (Wildman–Crippen MR) is 34.0 cm³/mol. The monoisotopic (exact) mass is 162 g/mol. The SMILES string of the molecule is COCC(=O)O.Cl.Cl. The lowest BCUT2D eigenvalue weighted by Gasteiger charge is -1.83. The van der Waals surface area contributed by atoms with Gasteiger partial charge in [0.1, 0.15) is 6.61 Å². The largest absolute Gasteiger partial charge is 0.480 e. The van der Waals surface area contributed by atoms with Gasteiger partial charge in [-0.05, 0) is 0 Å². The molecular formula is C3H8Cl2O3. The van der Waals surface area contributed by atoms with Crippen LogP contribution in [0, 0.1) is 0 Å². The topological polar surface area (TPSA) is 46.5 Å². The minimum absolute atomic E-state index is 0. The first-order chi connectivity index (χ1) is 2.77. The number of hydrogen-bond acceptors (Lipinski definition) is 2. The summed E-state index contributed by atoms with van der Waals surface area (Å²) < 4.78 is 4.20. The van der Waals surface area contributed by atoms with Gasteiger partial charge in [-0.15, -0.1) is 24.8 Å². The third-order valence-corrected chi connectivity index (χ3v) is 0.268. The zero-order chi connectivity index (χ0) is 4.99. The maximum atomic E-state index is 9.47. The summed E-state index contributed by atoms with van der Waals surface area (Å²) in [4.78, 5) is 9.47. The van der Waals surface area contributed by atoms with E-state index in [0.29, 0.717) is 0 Å². The zero-order valence-corrected chi connectivity index (χ0v) is 5.92. The normalized spacial score (nSPS) is 6.12. The molecule has 0 saturated carbocycles. The Morgan fingerprint density at radius 3 is 2.00 bits per heavy atom. The van der Waals surface area contributed by atoms with E-state index in [1.54, 1.807) is 0 Å². The van der Waals surface area contributed by atoms with Crippen molar-refractivity contribution >= 4 is 30.8 Å². The summed E-state index contributed by atoms with van der Waals surface area (Å²) in [5.74, 6) is -0.933. The van der Waals surface area contributed by atoms with E-state index < -0.39 is 5.97 Å². The molecule has 3 nitrogen and oxygen atoms in total. The van der Waals surface area contributed by atoms with Gasteiger partial charge in [0.2, 0.25) is 0 Å². The molecule has 0 aliphatic rings. The van der Waals surface area contributed by atoms with Crippen LogP contribution in [0.25, 0.3) is 0 Å². The lowest BCUT2D eigenvalue weighted by atomic mass is 10.8. The fourth-order valence-electron chi connectivity index (χ4n) is 0.123. The maximum Gasteiger partial charge on any atom is 0.329 e. The van der Waals surface area contributed by atoms with Crippen LogP contribution < -0.4 is 0 Å². The highest BCUT2D eigenvalue weighted by atomic mass is 35.5. The number of carboxylic acid groups (broad SMARTS) is 1. The molecule has 0 bridgehead atoms. The van der Waals surface area contributed by atoms with Crippen LogP contribution in [0.5, 0.6) is 0 Å². The Balaban J connectivity index is -0.000000125. The van der Waals surface area contributed by atoms with E-state index in [-0.39, 0.29) is 31.4 Å². The van der Waals surface area contributed by atoms with E-state index in [4.69, 9.17) is 5.11 Å². The Kier molecular flexibility index (Phi) is 19.8. The van der Waals surface area contributed by atoms with Gasteiger partial charge in [0, 0.05) is 7.11 Å². The molecule has 0 fully saturated rings. The van der Waals surface area contributed by atoms with Gasteiger partial charge in [0.05, 0.1) is 0 Å². The first kappa shape index (κ1) is 15.7. The second-order valence-electron chi connectivity index (χ2n) is 0.827. The Hall–Kier alpha value is 0.01000. The van der Waals surface area contributed by atoms with Crippen molar-refractivity contribution in [3.05, 3.63) is 0 Å². The van der Waals surface area contributed by atoms with Crippen molar-refractivity contribution in [2.45, 2.75) is 0 Å². The highest BCUT2D eigenvalue weighted by Crippen LogP contribution is 1.61. The number of ether oxygens (including phenoxy) is 1. The van der Waals surface area contributed by atoms with Gasteiger partial charge >= 0.3 is 5.97 Å². The first-order valence-corrected chi connectivity index (χ1v) is 1.48. The Morgan fingerprint density at radius 1 is 1.62 bits per heavy atom. The summed E-state index contributed by atoms with van der Waals surface area (Å²) in [5.41, 5.74) is 0. The second-order valence-corrected chi connectivity index (χ2v) is 0.827. The van der Waals surface area contributed by atoms with Gasteiger partial charge < -0.3 is 9.84 Å². The quantitative estimate of drug-likeness (QED) is 0.646. The minimum Gasteiger partial charge on any atom is -0.480 e. The summed E-state index contributed by atoms with van der Waals surface area (Å²) in [7, 11) is 1.34. The predicted octanol–water partition coefficient (Wildman–Crippen LogP) is 0.561. The molecule has 0 saturated heterocycles. The first-order valence-electron chi connectivity index (χ1n) is 1.48. The van der Waals surface area contributed by atoms with Crippen molar-refractivity contribution < 1.29 is 14.6 Å². The third kappa shape index (κ3) is 16.7. The zero-order valence-electron chi connectivity index (χ0n) is 4.29. The molecule has 1 N–H and O–H groups in total. The minimum atomic E-state index is -0.933. The second kappa shape index (κ2) is 10.1. The highest BCUT2D eigenvalue weighted by molar-refractivity contribution is 5.85. The molecule has 0 aromatic heterocycles. The molecule has 0 aromatic rings. The van der Waals surface area contributed by atoms with E-state index in [1.807, 2.05) is 0 Å². The van der Waals surface area contributed by atoms with E-state index in [1.165, 1.54) is 7.11 Å².